The van der Waals surface area contributed by atoms with Gasteiger partial charge in [0.15, 0.2) is 0 Å². The van der Waals surface area contributed by atoms with Crippen molar-refractivity contribution in [1.82, 2.24) is 5.43 Å². The summed E-state index contributed by atoms with van der Waals surface area (Å²) in [7, 11) is 0. The van der Waals surface area contributed by atoms with E-state index in [1.54, 1.807) is 6.21 Å². The average molecular weight is 423 g/mol. The van der Waals surface area contributed by atoms with Crippen molar-refractivity contribution in [2.45, 2.75) is 6.92 Å². The van der Waals surface area contributed by atoms with Crippen LogP contribution in [0.2, 0.25) is 0 Å². The van der Waals surface area contributed by atoms with Crippen molar-refractivity contribution < 1.29 is 9.53 Å². The van der Waals surface area contributed by atoms with Crippen LogP contribution in [-0.4, -0.2) is 25.3 Å². The Morgan fingerprint density at radius 1 is 1.22 bits per heavy atom. The largest absolute Gasteiger partial charge is 0.493 e. The van der Waals surface area contributed by atoms with E-state index in [0.717, 1.165) is 20.6 Å². The van der Waals surface area contributed by atoms with Gasteiger partial charge in [-0.2, -0.15) is 5.10 Å². The number of benzene rings is 2. The SMILES string of the molecule is CCOc1ccccc1/C=N\NC(=O)CNc1ccc(I)cc1. The Balaban J connectivity index is 1.83. The Labute approximate surface area is 149 Å². The van der Waals surface area contributed by atoms with Crippen LogP contribution >= 0.6 is 22.6 Å². The minimum atomic E-state index is -0.214. The second kappa shape index (κ2) is 9.14. The van der Waals surface area contributed by atoms with Gasteiger partial charge in [-0.25, -0.2) is 5.43 Å². The van der Waals surface area contributed by atoms with Crippen molar-refractivity contribution in [3.05, 3.63) is 57.7 Å². The lowest BCUT2D eigenvalue weighted by Gasteiger charge is -2.06. The van der Waals surface area contributed by atoms with E-state index >= 15 is 0 Å². The van der Waals surface area contributed by atoms with E-state index < -0.39 is 0 Å². The monoisotopic (exact) mass is 423 g/mol. The van der Waals surface area contributed by atoms with Crippen molar-refractivity contribution in [2.24, 2.45) is 5.10 Å². The number of carbonyl (C=O) groups excluding carboxylic acids is 1. The molecule has 0 unspecified atom stereocenters. The highest BCUT2D eigenvalue weighted by atomic mass is 127. The fraction of sp³-hybridized carbons (Fsp3) is 0.176. The maximum Gasteiger partial charge on any atom is 0.259 e. The molecule has 2 aromatic rings. The number of nitrogens with zero attached hydrogens (tertiary/aromatic N) is 1. The van der Waals surface area contributed by atoms with Crippen LogP contribution in [-0.2, 0) is 4.79 Å². The molecule has 6 heteroatoms. The van der Waals surface area contributed by atoms with Gasteiger partial charge in [0.05, 0.1) is 19.4 Å². The number of ether oxygens (including phenoxy) is 1. The minimum Gasteiger partial charge on any atom is -0.493 e. The molecular weight excluding hydrogens is 405 g/mol. The molecule has 0 bridgehead atoms. The number of carbonyl (C=O) groups is 1. The van der Waals surface area contributed by atoms with Crippen LogP contribution in [0.5, 0.6) is 5.75 Å². The number of nitrogens with one attached hydrogen (secondary N) is 2. The lowest BCUT2D eigenvalue weighted by atomic mass is 10.2. The first-order chi connectivity index (χ1) is 11.2. The molecule has 0 heterocycles. The quantitative estimate of drug-likeness (QED) is 0.409. The molecule has 0 spiro atoms. The Morgan fingerprint density at radius 2 is 1.96 bits per heavy atom. The summed E-state index contributed by atoms with van der Waals surface area (Å²) >= 11 is 2.23. The number of anilines is 1. The molecule has 1 amide bonds. The van der Waals surface area contributed by atoms with Gasteiger partial charge >= 0.3 is 0 Å². The predicted octanol–water partition coefficient (Wildman–Crippen LogP) is 3.25. The van der Waals surface area contributed by atoms with Gasteiger partial charge in [0, 0.05) is 14.8 Å². The molecule has 0 aliphatic heterocycles. The van der Waals surface area contributed by atoms with E-state index in [1.165, 1.54) is 0 Å². The highest BCUT2D eigenvalue weighted by Gasteiger charge is 2.01. The van der Waals surface area contributed by atoms with Gasteiger partial charge in [-0.3, -0.25) is 4.79 Å². The lowest BCUT2D eigenvalue weighted by Crippen LogP contribution is -2.25. The normalized spacial score (nSPS) is 10.5. The summed E-state index contributed by atoms with van der Waals surface area (Å²) in [4.78, 5) is 11.8. The van der Waals surface area contributed by atoms with Gasteiger partial charge in [-0.15, -0.1) is 0 Å². The average Bonchev–Trinajstić information content (AvgIpc) is 2.56. The molecule has 2 N–H and O–H groups in total. The molecule has 5 nitrogen and oxygen atoms in total. The van der Waals surface area contributed by atoms with Crippen molar-refractivity contribution in [2.75, 3.05) is 18.5 Å². The Morgan fingerprint density at radius 3 is 2.70 bits per heavy atom. The second-order valence-corrected chi connectivity index (χ2v) is 5.87. The third-order valence-electron chi connectivity index (χ3n) is 2.91. The van der Waals surface area contributed by atoms with Crippen LogP contribution in [0.4, 0.5) is 5.69 Å². The third-order valence-corrected chi connectivity index (χ3v) is 3.63. The molecule has 0 aliphatic carbocycles. The Hall–Kier alpha value is -2.09. The number of rotatable bonds is 7. The topological polar surface area (TPSA) is 62.7 Å². The van der Waals surface area contributed by atoms with Crippen LogP contribution in [0.3, 0.4) is 0 Å². The maximum absolute atomic E-state index is 11.8. The van der Waals surface area contributed by atoms with E-state index in [2.05, 4.69) is 38.4 Å². The fourth-order valence-electron chi connectivity index (χ4n) is 1.84. The highest BCUT2D eigenvalue weighted by molar-refractivity contribution is 14.1. The molecule has 0 saturated heterocycles. The van der Waals surface area contributed by atoms with Crippen molar-refractivity contribution in [3.8, 4) is 5.75 Å². The predicted molar refractivity (Wildman–Crippen MR) is 101 cm³/mol. The summed E-state index contributed by atoms with van der Waals surface area (Å²) in [5, 5.41) is 7.00. The fourth-order valence-corrected chi connectivity index (χ4v) is 2.20. The third kappa shape index (κ3) is 5.90. The molecule has 2 rings (SSSR count). The molecule has 0 saturated carbocycles. The zero-order valence-corrected chi connectivity index (χ0v) is 14.9. The molecule has 120 valence electrons. The van der Waals surface area contributed by atoms with Gasteiger partial charge in [-0.05, 0) is 65.9 Å². The first-order valence-corrected chi connectivity index (χ1v) is 8.30. The summed E-state index contributed by atoms with van der Waals surface area (Å²) in [5.74, 6) is 0.527. The summed E-state index contributed by atoms with van der Waals surface area (Å²) < 4.78 is 6.64. The standard InChI is InChI=1S/C17H18IN3O2/c1-2-23-16-6-4-3-5-13(16)11-20-21-17(22)12-19-15-9-7-14(18)8-10-15/h3-11,19H,2,12H2,1H3,(H,21,22)/b20-11-. The van der Waals surface area contributed by atoms with E-state index in [-0.39, 0.29) is 12.5 Å². The summed E-state index contributed by atoms with van der Waals surface area (Å²) in [6.07, 6.45) is 1.58. The number of hydrogen-bond donors (Lipinski definition) is 2. The van der Waals surface area contributed by atoms with Gasteiger partial charge in [0.2, 0.25) is 0 Å². The van der Waals surface area contributed by atoms with Crippen LogP contribution in [0.1, 0.15) is 12.5 Å². The van der Waals surface area contributed by atoms with Crippen LogP contribution < -0.4 is 15.5 Å². The first kappa shape index (κ1) is 17.3. The minimum absolute atomic E-state index is 0.158. The molecule has 0 fully saturated rings. The molecule has 0 atom stereocenters. The number of amides is 1. The first-order valence-electron chi connectivity index (χ1n) is 7.22. The van der Waals surface area contributed by atoms with Gasteiger partial charge in [0.1, 0.15) is 5.75 Å². The highest BCUT2D eigenvalue weighted by Crippen LogP contribution is 2.15. The van der Waals surface area contributed by atoms with E-state index in [9.17, 15) is 4.79 Å². The summed E-state index contributed by atoms with van der Waals surface area (Å²) in [5.41, 5.74) is 4.21. The smallest absolute Gasteiger partial charge is 0.259 e. The second-order valence-electron chi connectivity index (χ2n) is 4.62. The van der Waals surface area contributed by atoms with Crippen molar-refractivity contribution >= 4 is 40.4 Å². The maximum atomic E-state index is 11.8. The zero-order chi connectivity index (χ0) is 16.5. The zero-order valence-electron chi connectivity index (χ0n) is 12.8. The molecular formula is C17H18IN3O2. The molecule has 0 aromatic heterocycles. The number of para-hydroxylation sites is 1. The number of halogens is 1. The number of hydrazone groups is 1. The molecule has 0 aliphatic rings. The lowest BCUT2D eigenvalue weighted by molar-refractivity contribution is -0.119. The van der Waals surface area contributed by atoms with Crippen LogP contribution in [0, 0.1) is 3.57 Å². The van der Waals surface area contributed by atoms with Gasteiger partial charge in [0.25, 0.3) is 5.91 Å². The van der Waals surface area contributed by atoms with Gasteiger partial charge < -0.3 is 10.1 Å². The van der Waals surface area contributed by atoms with E-state index in [0.29, 0.717) is 6.61 Å². The van der Waals surface area contributed by atoms with Gasteiger partial charge in [-0.1, -0.05) is 12.1 Å². The van der Waals surface area contributed by atoms with Crippen LogP contribution in [0.15, 0.2) is 53.6 Å². The summed E-state index contributed by atoms with van der Waals surface area (Å²) in [6.45, 7) is 2.66. The summed E-state index contributed by atoms with van der Waals surface area (Å²) in [6, 6.07) is 15.3. The van der Waals surface area contributed by atoms with E-state index in [1.807, 2.05) is 55.5 Å². The van der Waals surface area contributed by atoms with Crippen molar-refractivity contribution in [1.29, 1.82) is 0 Å². The Kier molecular flexibility index (Phi) is 6.86. The molecule has 2 aromatic carbocycles. The van der Waals surface area contributed by atoms with Crippen molar-refractivity contribution in [3.63, 3.8) is 0 Å². The van der Waals surface area contributed by atoms with E-state index in [4.69, 9.17) is 4.74 Å². The molecule has 0 radical (unpaired) electrons. The Bertz CT molecular complexity index is 672. The number of hydrogen-bond acceptors (Lipinski definition) is 4. The van der Waals surface area contributed by atoms with Crippen LogP contribution in [0.25, 0.3) is 0 Å². The molecule has 23 heavy (non-hydrogen) atoms.